The molecule has 1 aliphatic heterocycles. The maximum Gasteiger partial charge on any atom is 0.335 e. The molecule has 2 rings (SSSR count). The fraction of sp³-hybridized carbons (Fsp3) is 0.538. The summed E-state index contributed by atoms with van der Waals surface area (Å²) in [6, 6.07) is 5.37. The van der Waals surface area contributed by atoms with Gasteiger partial charge in [-0.1, -0.05) is 6.07 Å². The smallest absolute Gasteiger partial charge is 0.335 e. The lowest BCUT2D eigenvalue weighted by Crippen LogP contribution is -2.49. The Kier molecular flexibility index (Phi) is 3.73. The highest BCUT2D eigenvalue weighted by Gasteiger charge is 2.39. The molecule has 104 valence electrons. The molecule has 1 aromatic heterocycles. The molecule has 1 saturated heterocycles. The highest BCUT2D eigenvalue weighted by molar-refractivity contribution is 5.77. The lowest BCUT2D eigenvalue weighted by molar-refractivity contribution is -0.160. The van der Waals surface area contributed by atoms with E-state index in [9.17, 15) is 15.0 Å². The molecule has 1 fully saturated rings. The Morgan fingerprint density at radius 1 is 1.42 bits per heavy atom. The van der Waals surface area contributed by atoms with Gasteiger partial charge in [0, 0.05) is 25.9 Å². The van der Waals surface area contributed by atoms with Crippen molar-refractivity contribution in [3.05, 3.63) is 23.9 Å². The Hall–Kier alpha value is -1.66. The van der Waals surface area contributed by atoms with Crippen LogP contribution in [0, 0.1) is 0 Å². The second-order valence-corrected chi connectivity index (χ2v) is 4.92. The van der Waals surface area contributed by atoms with Crippen LogP contribution in [0.25, 0.3) is 0 Å². The van der Waals surface area contributed by atoms with Crippen LogP contribution >= 0.6 is 0 Å². The van der Waals surface area contributed by atoms with Gasteiger partial charge in [0.15, 0.2) is 5.60 Å². The lowest BCUT2D eigenvalue weighted by Gasteiger charge is -2.36. The maximum absolute atomic E-state index is 10.9. The minimum absolute atomic E-state index is 0.170. The minimum Gasteiger partial charge on any atom is -0.479 e. The van der Waals surface area contributed by atoms with Crippen molar-refractivity contribution in [1.82, 2.24) is 4.98 Å². The van der Waals surface area contributed by atoms with E-state index in [4.69, 9.17) is 5.11 Å². The second kappa shape index (κ2) is 5.14. The molecule has 0 aliphatic carbocycles. The van der Waals surface area contributed by atoms with E-state index in [1.54, 1.807) is 13.0 Å². The van der Waals surface area contributed by atoms with E-state index in [0.29, 0.717) is 24.6 Å². The van der Waals surface area contributed by atoms with Crippen LogP contribution < -0.4 is 4.90 Å². The first-order valence-electron chi connectivity index (χ1n) is 6.28. The average Bonchev–Trinajstić information content (AvgIpc) is 2.39. The second-order valence-electron chi connectivity index (χ2n) is 4.92. The van der Waals surface area contributed by atoms with Crippen molar-refractivity contribution in [3.63, 3.8) is 0 Å². The predicted octanol–water partition coefficient (Wildman–Crippen LogP) is 0.551. The van der Waals surface area contributed by atoms with Crippen molar-refractivity contribution < 1.29 is 20.1 Å². The molecule has 0 saturated carbocycles. The number of aliphatic carboxylic acids is 1. The first-order valence-corrected chi connectivity index (χ1v) is 6.28. The number of hydrogen-bond acceptors (Lipinski definition) is 5. The normalized spacial score (nSPS) is 20.1. The highest BCUT2D eigenvalue weighted by Crippen LogP contribution is 2.26. The molecule has 3 N–H and O–H groups in total. The van der Waals surface area contributed by atoms with Gasteiger partial charge in [-0.2, -0.15) is 0 Å². The van der Waals surface area contributed by atoms with Crippen LogP contribution in [0.15, 0.2) is 18.2 Å². The van der Waals surface area contributed by atoms with Crippen molar-refractivity contribution in [2.75, 3.05) is 18.0 Å². The first-order chi connectivity index (χ1) is 8.92. The summed E-state index contributed by atoms with van der Waals surface area (Å²) in [6.45, 7) is 2.50. The summed E-state index contributed by atoms with van der Waals surface area (Å²) >= 11 is 0. The van der Waals surface area contributed by atoms with Crippen molar-refractivity contribution in [2.24, 2.45) is 0 Å². The molecule has 0 spiro atoms. The van der Waals surface area contributed by atoms with Gasteiger partial charge >= 0.3 is 5.97 Å². The van der Waals surface area contributed by atoms with Gasteiger partial charge in [0.25, 0.3) is 0 Å². The number of aliphatic hydroxyl groups excluding tert-OH is 1. The molecule has 0 aromatic carbocycles. The summed E-state index contributed by atoms with van der Waals surface area (Å²) in [5, 5.41) is 28.3. The molecule has 6 heteroatoms. The zero-order valence-electron chi connectivity index (χ0n) is 10.8. The van der Waals surface area contributed by atoms with Crippen LogP contribution in [-0.4, -0.2) is 45.0 Å². The Morgan fingerprint density at radius 2 is 2.05 bits per heavy atom. The number of hydrogen-bond donors (Lipinski definition) is 3. The maximum atomic E-state index is 10.9. The summed E-state index contributed by atoms with van der Waals surface area (Å²) in [7, 11) is 0. The molecule has 1 aromatic rings. The van der Waals surface area contributed by atoms with Crippen LogP contribution in [0.3, 0.4) is 0 Å². The van der Waals surface area contributed by atoms with E-state index < -0.39 is 17.7 Å². The molecular weight excluding hydrogens is 248 g/mol. The predicted molar refractivity (Wildman–Crippen MR) is 68.9 cm³/mol. The summed E-state index contributed by atoms with van der Waals surface area (Å²) in [4.78, 5) is 17.2. The molecule has 0 amide bonds. The number of aliphatic hydroxyl groups is 2. The van der Waals surface area contributed by atoms with E-state index >= 15 is 0 Å². The summed E-state index contributed by atoms with van der Waals surface area (Å²) in [5.74, 6) is -0.469. The number of carboxylic acids is 1. The van der Waals surface area contributed by atoms with E-state index in [1.165, 1.54) is 0 Å². The standard InChI is InChI=1S/C13H18N2O4/c1-9(16)10-3-2-4-11(14-10)15-7-5-13(19,6-8-15)12(17)18/h2-4,9,16,19H,5-8H2,1H3,(H,17,18). The van der Waals surface area contributed by atoms with Gasteiger partial charge < -0.3 is 20.2 Å². The van der Waals surface area contributed by atoms with Crippen molar-refractivity contribution >= 4 is 11.8 Å². The van der Waals surface area contributed by atoms with Gasteiger partial charge in [-0.05, 0) is 19.1 Å². The third-order valence-corrected chi connectivity index (χ3v) is 3.50. The molecule has 19 heavy (non-hydrogen) atoms. The summed E-state index contributed by atoms with van der Waals surface area (Å²) < 4.78 is 0. The van der Waals surface area contributed by atoms with E-state index in [-0.39, 0.29) is 12.8 Å². The molecule has 0 radical (unpaired) electrons. The highest BCUT2D eigenvalue weighted by atomic mass is 16.4. The zero-order valence-corrected chi connectivity index (χ0v) is 10.8. The summed E-state index contributed by atoms with van der Waals surface area (Å²) in [6.07, 6.45) is -0.299. The van der Waals surface area contributed by atoms with Gasteiger partial charge in [0.1, 0.15) is 5.82 Å². The average molecular weight is 266 g/mol. The monoisotopic (exact) mass is 266 g/mol. The van der Waals surface area contributed by atoms with E-state index in [0.717, 1.165) is 0 Å². The Balaban J connectivity index is 2.09. The van der Waals surface area contributed by atoms with Crippen molar-refractivity contribution in [3.8, 4) is 0 Å². The Labute approximate surface area is 111 Å². The molecule has 1 atom stereocenters. The molecule has 1 aliphatic rings. The number of carboxylic acid groups (broad SMARTS) is 1. The topological polar surface area (TPSA) is 93.9 Å². The SMILES string of the molecule is CC(O)c1cccc(N2CCC(O)(C(=O)O)CC2)n1. The van der Waals surface area contributed by atoms with Gasteiger partial charge in [0.05, 0.1) is 11.8 Å². The first kappa shape index (κ1) is 13.8. The van der Waals surface area contributed by atoms with Crippen LogP contribution in [0.5, 0.6) is 0 Å². The van der Waals surface area contributed by atoms with Crippen LogP contribution in [0.4, 0.5) is 5.82 Å². The number of nitrogens with zero attached hydrogens (tertiary/aromatic N) is 2. The van der Waals surface area contributed by atoms with Crippen molar-refractivity contribution in [2.45, 2.75) is 31.5 Å². The fourth-order valence-corrected chi connectivity index (χ4v) is 2.17. The van der Waals surface area contributed by atoms with E-state index in [2.05, 4.69) is 4.98 Å². The molecule has 2 heterocycles. The molecule has 6 nitrogen and oxygen atoms in total. The Morgan fingerprint density at radius 3 is 2.58 bits per heavy atom. The quantitative estimate of drug-likeness (QED) is 0.739. The zero-order chi connectivity index (χ0) is 14.0. The van der Waals surface area contributed by atoms with Crippen LogP contribution in [0.1, 0.15) is 31.6 Å². The number of anilines is 1. The third-order valence-electron chi connectivity index (χ3n) is 3.50. The number of rotatable bonds is 3. The fourth-order valence-electron chi connectivity index (χ4n) is 2.17. The van der Waals surface area contributed by atoms with E-state index in [1.807, 2.05) is 17.0 Å². The number of piperidine rings is 1. The molecule has 0 bridgehead atoms. The lowest BCUT2D eigenvalue weighted by atomic mass is 9.91. The van der Waals surface area contributed by atoms with Crippen LogP contribution in [0.2, 0.25) is 0 Å². The Bertz CT molecular complexity index is 467. The number of pyridine rings is 1. The van der Waals surface area contributed by atoms with Gasteiger partial charge in [-0.3, -0.25) is 0 Å². The molecule has 1 unspecified atom stereocenters. The molecular formula is C13H18N2O4. The summed E-state index contributed by atoms with van der Waals surface area (Å²) in [5.41, 5.74) is -1.05. The van der Waals surface area contributed by atoms with Gasteiger partial charge in [-0.25, -0.2) is 9.78 Å². The van der Waals surface area contributed by atoms with Gasteiger partial charge in [0.2, 0.25) is 0 Å². The van der Waals surface area contributed by atoms with Crippen molar-refractivity contribution in [1.29, 1.82) is 0 Å². The third kappa shape index (κ3) is 2.85. The van der Waals surface area contributed by atoms with Gasteiger partial charge in [-0.15, -0.1) is 0 Å². The number of aromatic nitrogens is 1. The largest absolute Gasteiger partial charge is 0.479 e. The minimum atomic E-state index is -1.63. The van der Waals surface area contributed by atoms with Crippen LogP contribution in [-0.2, 0) is 4.79 Å². The number of carbonyl (C=O) groups is 1.